The molecule has 3 rings (SSSR count). The van der Waals surface area contributed by atoms with Gasteiger partial charge in [0, 0.05) is 13.1 Å². The summed E-state index contributed by atoms with van der Waals surface area (Å²) in [6, 6.07) is -0.539. The van der Waals surface area contributed by atoms with Crippen LogP contribution in [0.25, 0.3) is 0 Å². The van der Waals surface area contributed by atoms with Gasteiger partial charge in [0.2, 0.25) is 11.8 Å². The SMILES string of the molecule is CCN1CCC(CN2C(=O)NC(=O)C3(CC3)C2=O)C1. The molecule has 1 atom stereocenters. The second kappa shape index (κ2) is 4.30. The van der Waals surface area contributed by atoms with Crippen LogP contribution in [0.4, 0.5) is 4.79 Å². The number of carbonyl (C=O) groups is 3. The summed E-state index contributed by atoms with van der Waals surface area (Å²) in [4.78, 5) is 39.4. The Morgan fingerprint density at radius 1 is 1.32 bits per heavy atom. The van der Waals surface area contributed by atoms with Gasteiger partial charge in [-0.2, -0.15) is 0 Å². The lowest BCUT2D eigenvalue weighted by Crippen LogP contribution is -2.60. The Labute approximate surface area is 112 Å². The number of hydrogen-bond acceptors (Lipinski definition) is 4. The highest BCUT2D eigenvalue weighted by molar-refractivity contribution is 6.20. The van der Waals surface area contributed by atoms with Gasteiger partial charge in [0.05, 0.1) is 0 Å². The average Bonchev–Trinajstić information content (AvgIpc) is 3.07. The second-order valence-corrected chi connectivity index (χ2v) is 5.81. The van der Waals surface area contributed by atoms with Crippen molar-refractivity contribution in [2.75, 3.05) is 26.2 Å². The first-order chi connectivity index (χ1) is 9.06. The molecule has 3 fully saturated rings. The zero-order valence-electron chi connectivity index (χ0n) is 11.1. The minimum Gasteiger partial charge on any atom is -0.303 e. The van der Waals surface area contributed by atoms with Crippen LogP contribution in [0.3, 0.4) is 0 Å². The Balaban J connectivity index is 1.68. The van der Waals surface area contributed by atoms with E-state index in [0.29, 0.717) is 25.3 Å². The molecular weight excluding hydrogens is 246 g/mol. The lowest BCUT2D eigenvalue weighted by Gasteiger charge is -2.31. The van der Waals surface area contributed by atoms with Crippen LogP contribution in [-0.2, 0) is 9.59 Å². The number of hydrogen-bond donors (Lipinski definition) is 1. The lowest BCUT2D eigenvalue weighted by molar-refractivity contribution is -0.145. The molecule has 1 aliphatic carbocycles. The van der Waals surface area contributed by atoms with E-state index in [9.17, 15) is 14.4 Å². The highest BCUT2D eigenvalue weighted by atomic mass is 16.2. The number of likely N-dealkylation sites (tertiary alicyclic amines) is 1. The van der Waals surface area contributed by atoms with Gasteiger partial charge in [-0.25, -0.2) is 4.79 Å². The summed E-state index contributed by atoms with van der Waals surface area (Å²) in [6.07, 6.45) is 2.16. The van der Waals surface area contributed by atoms with Crippen LogP contribution in [-0.4, -0.2) is 53.8 Å². The van der Waals surface area contributed by atoms with E-state index in [4.69, 9.17) is 0 Å². The van der Waals surface area contributed by atoms with Crippen molar-refractivity contribution in [1.82, 2.24) is 15.1 Å². The first-order valence-corrected chi connectivity index (χ1v) is 6.96. The summed E-state index contributed by atoms with van der Waals surface area (Å²) in [7, 11) is 0. The maximum Gasteiger partial charge on any atom is 0.330 e. The summed E-state index contributed by atoms with van der Waals surface area (Å²) in [5, 5.41) is 2.33. The zero-order chi connectivity index (χ0) is 13.6. The largest absolute Gasteiger partial charge is 0.330 e. The molecule has 104 valence electrons. The van der Waals surface area contributed by atoms with E-state index in [0.717, 1.165) is 26.1 Å². The molecule has 0 bridgehead atoms. The Morgan fingerprint density at radius 3 is 2.63 bits per heavy atom. The Morgan fingerprint density at radius 2 is 2.05 bits per heavy atom. The molecule has 4 amide bonds. The molecular formula is C13H19N3O3. The Bertz CT molecular complexity index is 444. The van der Waals surface area contributed by atoms with Gasteiger partial charge in [0.15, 0.2) is 0 Å². The molecule has 0 aromatic carbocycles. The maximum absolute atomic E-state index is 12.3. The number of nitrogens with one attached hydrogen (secondary N) is 1. The average molecular weight is 265 g/mol. The van der Waals surface area contributed by atoms with Crippen LogP contribution in [0.5, 0.6) is 0 Å². The smallest absolute Gasteiger partial charge is 0.303 e. The number of imide groups is 2. The third kappa shape index (κ3) is 1.94. The number of rotatable bonds is 3. The van der Waals surface area contributed by atoms with Crippen molar-refractivity contribution in [3.8, 4) is 0 Å². The third-order valence-corrected chi connectivity index (χ3v) is 4.56. The van der Waals surface area contributed by atoms with E-state index >= 15 is 0 Å². The topological polar surface area (TPSA) is 69.7 Å². The van der Waals surface area contributed by atoms with Gasteiger partial charge in [-0.05, 0) is 38.3 Å². The van der Waals surface area contributed by atoms with E-state index in [2.05, 4.69) is 17.1 Å². The molecule has 0 aromatic heterocycles. The molecule has 1 spiro atoms. The molecule has 2 saturated heterocycles. The lowest BCUT2D eigenvalue weighted by atomic mass is 10.00. The Kier molecular flexibility index (Phi) is 2.85. The molecule has 3 aliphatic rings. The molecule has 19 heavy (non-hydrogen) atoms. The molecule has 1 saturated carbocycles. The second-order valence-electron chi connectivity index (χ2n) is 5.81. The third-order valence-electron chi connectivity index (χ3n) is 4.56. The van der Waals surface area contributed by atoms with E-state index in [-0.39, 0.29) is 5.91 Å². The van der Waals surface area contributed by atoms with Crippen LogP contribution in [0.1, 0.15) is 26.2 Å². The van der Waals surface area contributed by atoms with Crippen LogP contribution >= 0.6 is 0 Å². The standard InChI is InChI=1S/C13H19N3O3/c1-2-15-6-3-9(7-15)8-16-11(18)13(4-5-13)10(17)14-12(16)19/h9H,2-8H2,1H3,(H,14,17,19). The van der Waals surface area contributed by atoms with Crippen molar-refractivity contribution in [2.45, 2.75) is 26.2 Å². The fourth-order valence-electron chi connectivity index (χ4n) is 3.07. The van der Waals surface area contributed by atoms with Gasteiger partial charge in [0.25, 0.3) is 0 Å². The summed E-state index contributed by atoms with van der Waals surface area (Å²) >= 11 is 0. The van der Waals surface area contributed by atoms with E-state index in [1.807, 2.05) is 0 Å². The van der Waals surface area contributed by atoms with E-state index in [1.165, 1.54) is 4.90 Å². The molecule has 1 unspecified atom stereocenters. The zero-order valence-corrected chi connectivity index (χ0v) is 11.1. The summed E-state index contributed by atoms with van der Waals surface area (Å²) < 4.78 is 0. The number of amides is 4. The van der Waals surface area contributed by atoms with Crippen molar-refractivity contribution in [1.29, 1.82) is 0 Å². The number of carbonyl (C=O) groups excluding carboxylic acids is 3. The predicted octanol–water partition coefficient (Wildman–Crippen LogP) is 0.187. The minimum atomic E-state index is -0.906. The van der Waals surface area contributed by atoms with Crippen LogP contribution < -0.4 is 5.32 Å². The number of barbiturate groups is 1. The quantitative estimate of drug-likeness (QED) is 0.739. The Hall–Kier alpha value is -1.43. The number of urea groups is 1. The molecule has 0 aromatic rings. The normalized spacial score (nSPS) is 30.1. The van der Waals surface area contributed by atoms with Crippen LogP contribution in [0.15, 0.2) is 0 Å². The van der Waals surface area contributed by atoms with Crippen LogP contribution in [0, 0.1) is 11.3 Å². The summed E-state index contributed by atoms with van der Waals surface area (Å²) in [5.74, 6) is -0.352. The van der Waals surface area contributed by atoms with Gasteiger partial charge in [-0.15, -0.1) is 0 Å². The molecule has 2 aliphatic heterocycles. The predicted molar refractivity (Wildman–Crippen MR) is 67.1 cm³/mol. The van der Waals surface area contributed by atoms with Crippen molar-refractivity contribution in [2.24, 2.45) is 11.3 Å². The first kappa shape index (κ1) is 12.6. The van der Waals surface area contributed by atoms with Crippen molar-refractivity contribution >= 4 is 17.8 Å². The van der Waals surface area contributed by atoms with Crippen LogP contribution in [0.2, 0.25) is 0 Å². The fourth-order valence-corrected chi connectivity index (χ4v) is 3.07. The first-order valence-electron chi connectivity index (χ1n) is 6.96. The molecule has 2 heterocycles. The van der Waals surface area contributed by atoms with Gasteiger partial charge >= 0.3 is 6.03 Å². The van der Waals surface area contributed by atoms with Crippen molar-refractivity contribution in [3.63, 3.8) is 0 Å². The van der Waals surface area contributed by atoms with E-state index in [1.54, 1.807) is 0 Å². The maximum atomic E-state index is 12.3. The fraction of sp³-hybridized carbons (Fsp3) is 0.769. The molecule has 6 heteroatoms. The summed E-state index contributed by atoms with van der Waals surface area (Å²) in [5.41, 5.74) is -0.906. The highest BCUT2D eigenvalue weighted by Gasteiger charge is 2.62. The summed E-state index contributed by atoms with van der Waals surface area (Å²) in [6.45, 7) is 5.50. The van der Waals surface area contributed by atoms with Crippen molar-refractivity contribution < 1.29 is 14.4 Å². The van der Waals surface area contributed by atoms with Gasteiger partial charge < -0.3 is 4.90 Å². The van der Waals surface area contributed by atoms with Gasteiger partial charge in [-0.1, -0.05) is 6.92 Å². The van der Waals surface area contributed by atoms with Gasteiger partial charge in [-0.3, -0.25) is 19.8 Å². The van der Waals surface area contributed by atoms with Gasteiger partial charge in [0.1, 0.15) is 5.41 Å². The monoisotopic (exact) mass is 265 g/mol. The molecule has 6 nitrogen and oxygen atoms in total. The number of nitrogens with zero attached hydrogens (tertiary/aromatic N) is 2. The van der Waals surface area contributed by atoms with E-state index < -0.39 is 17.4 Å². The molecule has 0 radical (unpaired) electrons. The molecule has 1 N–H and O–H groups in total. The highest BCUT2D eigenvalue weighted by Crippen LogP contribution is 2.49. The minimum absolute atomic E-state index is 0.281. The van der Waals surface area contributed by atoms with Crippen molar-refractivity contribution in [3.05, 3.63) is 0 Å².